The Balaban J connectivity index is 1.54. The minimum atomic E-state index is -0.837. The molecule has 0 spiro atoms. The molecule has 1 aliphatic rings. The summed E-state index contributed by atoms with van der Waals surface area (Å²) in [6.07, 6.45) is 4.33. The molecule has 4 rings (SSSR count). The van der Waals surface area contributed by atoms with Gasteiger partial charge in [0.1, 0.15) is 5.82 Å². The minimum absolute atomic E-state index is 0.00130. The average Bonchev–Trinajstić information content (AvgIpc) is 3.21. The number of anilines is 1. The summed E-state index contributed by atoms with van der Waals surface area (Å²) in [5.41, 5.74) is 1.85. The number of amides is 1. The lowest BCUT2D eigenvalue weighted by atomic mass is 9.98. The predicted molar refractivity (Wildman–Crippen MR) is 95.6 cm³/mol. The van der Waals surface area contributed by atoms with Gasteiger partial charge in [-0.25, -0.2) is 8.78 Å². The Labute approximate surface area is 154 Å². The largest absolute Gasteiger partial charge is 0.481 e. The first kappa shape index (κ1) is 17.2. The normalized spacial score (nSPS) is 16.1. The number of carbonyl (C=O) groups is 1. The summed E-state index contributed by atoms with van der Waals surface area (Å²) in [6.45, 7) is 0.0928. The molecule has 0 bridgehead atoms. The maximum atomic E-state index is 13.7. The van der Waals surface area contributed by atoms with Gasteiger partial charge in [0.25, 0.3) is 5.91 Å². The molecule has 1 amide bonds. The third kappa shape index (κ3) is 3.53. The van der Waals surface area contributed by atoms with Crippen molar-refractivity contribution < 1.29 is 18.3 Å². The highest BCUT2D eigenvalue weighted by Gasteiger charge is 2.29. The highest BCUT2D eigenvalue weighted by molar-refractivity contribution is 5.95. The van der Waals surface area contributed by atoms with E-state index in [1.54, 1.807) is 11.1 Å². The maximum absolute atomic E-state index is 13.7. The highest BCUT2D eigenvalue weighted by Crippen LogP contribution is 2.31. The summed E-state index contributed by atoms with van der Waals surface area (Å²) in [6, 6.07) is 12.5. The Kier molecular flexibility index (Phi) is 4.58. The van der Waals surface area contributed by atoms with Crippen LogP contribution in [0.25, 0.3) is 0 Å². The van der Waals surface area contributed by atoms with Crippen molar-refractivity contribution >= 4 is 11.6 Å². The first-order valence-electron chi connectivity index (χ1n) is 8.57. The Hall–Kier alpha value is -3.22. The lowest BCUT2D eigenvalue weighted by Gasteiger charge is -2.34. The van der Waals surface area contributed by atoms with E-state index in [9.17, 15) is 13.6 Å². The third-order valence-electron chi connectivity index (χ3n) is 4.58. The first-order chi connectivity index (χ1) is 13.1. The summed E-state index contributed by atoms with van der Waals surface area (Å²) in [5, 5.41) is 4.28. The van der Waals surface area contributed by atoms with Crippen LogP contribution in [0.4, 0.5) is 14.5 Å². The van der Waals surface area contributed by atoms with E-state index in [1.165, 1.54) is 6.07 Å². The maximum Gasteiger partial charge on any atom is 0.264 e. The number of carbonyl (C=O) groups excluding carboxylic acids is 1. The number of halogens is 2. The quantitative estimate of drug-likeness (QED) is 0.708. The highest BCUT2D eigenvalue weighted by atomic mass is 19.1. The number of ether oxygens (including phenoxy) is 1. The van der Waals surface area contributed by atoms with Crippen LogP contribution in [0.1, 0.15) is 11.6 Å². The number of aromatic nitrogens is 2. The van der Waals surface area contributed by atoms with Gasteiger partial charge in [-0.05, 0) is 36.2 Å². The van der Waals surface area contributed by atoms with Crippen LogP contribution in [0, 0.1) is 11.6 Å². The Morgan fingerprint density at radius 2 is 2.04 bits per heavy atom. The topological polar surface area (TPSA) is 47.4 Å². The summed E-state index contributed by atoms with van der Waals surface area (Å²) in [5.74, 6) is -1.99. The van der Waals surface area contributed by atoms with E-state index in [4.69, 9.17) is 4.74 Å². The second-order valence-corrected chi connectivity index (χ2v) is 6.34. The monoisotopic (exact) mass is 369 g/mol. The van der Waals surface area contributed by atoms with Crippen LogP contribution in [-0.4, -0.2) is 28.8 Å². The second kappa shape index (κ2) is 7.19. The molecule has 2 heterocycles. The van der Waals surface area contributed by atoms with Crippen LogP contribution in [0.2, 0.25) is 0 Å². The number of hydrogen-bond donors (Lipinski definition) is 0. The molecule has 0 aliphatic carbocycles. The lowest BCUT2D eigenvalue weighted by Crippen LogP contribution is -2.43. The van der Waals surface area contributed by atoms with Crippen molar-refractivity contribution in [3.05, 3.63) is 78.1 Å². The molecule has 5 nitrogen and oxygen atoms in total. The fraction of sp³-hybridized carbons (Fsp3) is 0.200. The van der Waals surface area contributed by atoms with Gasteiger partial charge >= 0.3 is 0 Å². The molecule has 138 valence electrons. The fourth-order valence-corrected chi connectivity index (χ4v) is 3.29. The number of para-hydroxylation sites is 1. The molecule has 7 heteroatoms. The zero-order chi connectivity index (χ0) is 18.8. The van der Waals surface area contributed by atoms with E-state index < -0.39 is 11.6 Å². The lowest BCUT2D eigenvalue weighted by molar-refractivity contribution is -0.120. The summed E-state index contributed by atoms with van der Waals surface area (Å²) in [7, 11) is 0. The Morgan fingerprint density at radius 3 is 2.81 bits per heavy atom. The minimum Gasteiger partial charge on any atom is -0.481 e. The Morgan fingerprint density at radius 1 is 1.19 bits per heavy atom. The van der Waals surface area contributed by atoms with Gasteiger partial charge in [0.2, 0.25) is 0 Å². The fourth-order valence-electron chi connectivity index (χ4n) is 3.29. The molecule has 1 aromatic heterocycles. The van der Waals surface area contributed by atoms with Crippen molar-refractivity contribution in [1.29, 1.82) is 0 Å². The summed E-state index contributed by atoms with van der Waals surface area (Å²) < 4.78 is 33.9. The molecule has 0 fully saturated rings. The van der Waals surface area contributed by atoms with Gasteiger partial charge < -0.3 is 9.64 Å². The number of hydrogen-bond acceptors (Lipinski definition) is 3. The van der Waals surface area contributed by atoms with Gasteiger partial charge in [0, 0.05) is 30.7 Å². The van der Waals surface area contributed by atoms with Crippen molar-refractivity contribution in [2.75, 3.05) is 18.1 Å². The van der Waals surface area contributed by atoms with Gasteiger partial charge in [0.15, 0.2) is 18.2 Å². The third-order valence-corrected chi connectivity index (χ3v) is 4.58. The molecule has 0 radical (unpaired) electrons. The van der Waals surface area contributed by atoms with Crippen LogP contribution >= 0.6 is 0 Å². The number of benzene rings is 2. The molecule has 0 saturated heterocycles. The van der Waals surface area contributed by atoms with E-state index >= 15 is 0 Å². The molecule has 0 N–H and O–H groups in total. The zero-order valence-corrected chi connectivity index (χ0v) is 14.4. The predicted octanol–water partition coefficient (Wildman–Crippen LogP) is 3.37. The van der Waals surface area contributed by atoms with E-state index in [-0.39, 0.29) is 24.3 Å². The van der Waals surface area contributed by atoms with E-state index in [0.717, 1.165) is 29.8 Å². The molecule has 0 unspecified atom stereocenters. The molecular formula is C20H17F2N3O2. The van der Waals surface area contributed by atoms with E-state index in [0.29, 0.717) is 6.54 Å². The smallest absolute Gasteiger partial charge is 0.264 e. The zero-order valence-electron chi connectivity index (χ0n) is 14.4. The van der Waals surface area contributed by atoms with Crippen LogP contribution in [0.3, 0.4) is 0 Å². The summed E-state index contributed by atoms with van der Waals surface area (Å²) in [4.78, 5) is 14.4. The van der Waals surface area contributed by atoms with E-state index in [2.05, 4.69) is 5.10 Å². The van der Waals surface area contributed by atoms with Gasteiger partial charge in [-0.3, -0.25) is 9.48 Å². The average molecular weight is 369 g/mol. The van der Waals surface area contributed by atoms with Crippen LogP contribution in [-0.2, 0) is 11.2 Å². The van der Waals surface area contributed by atoms with Gasteiger partial charge in [-0.1, -0.05) is 18.2 Å². The van der Waals surface area contributed by atoms with Crippen molar-refractivity contribution in [1.82, 2.24) is 9.78 Å². The Bertz CT molecular complexity index is 960. The second-order valence-electron chi connectivity index (χ2n) is 6.34. The van der Waals surface area contributed by atoms with Crippen molar-refractivity contribution in [2.24, 2.45) is 0 Å². The number of fused-ring (bicyclic) bond motifs is 1. The standard InChI is InChI=1S/C20H17F2N3O2/c21-15-6-7-19(17(22)11-15)27-13-20(26)24-12-16(25-9-3-8-23-25)10-14-4-1-2-5-18(14)24/h1-9,11,16H,10,12-13H2/t16-/m1/s1. The number of nitrogens with zero attached hydrogens (tertiary/aromatic N) is 3. The first-order valence-corrected chi connectivity index (χ1v) is 8.57. The summed E-state index contributed by atoms with van der Waals surface area (Å²) >= 11 is 0. The van der Waals surface area contributed by atoms with Gasteiger partial charge in [0.05, 0.1) is 6.04 Å². The van der Waals surface area contributed by atoms with Crippen molar-refractivity contribution in [3.63, 3.8) is 0 Å². The molecule has 2 aromatic carbocycles. The van der Waals surface area contributed by atoms with Gasteiger partial charge in [-0.15, -0.1) is 0 Å². The molecule has 3 aromatic rings. The van der Waals surface area contributed by atoms with E-state index in [1.807, 2.05) is 41.2 Å². The molecule has 0 saturated carbocycles. The number of rotatable bonds is 4. The van der Waals surface area contributed by atoms with Crippen LogP contribution in [0.15, 0.2) is 60.9 Å². The molecule has 1 aliphatic heterocycles. The van der Waals surface area contributed by atoms with Crippen LogP contribution < -0.4 is 9.64 Å². The van der Waals surface area contributed by atoms with Crippen LogP contribution in [0.5, 0.6) is 5.75 Å². The molecular weight excluding hydrogens is 352 g/mol. The molecule has 27 heavy (non-hydrogen) atoms. The SMILES string of the molecule is O=C(COc1ccc(F)cc1F)N1C[C@H](n2cccn2)Cc2ccccc21. The molecule has 1 atom stereocenters. The van der Waals surface area contributed by atoms with Gasteiger partial charge in [-0.2, -0.15) is 5.10 Å². The van der Waals surface area contributed by atoms with Crippen molar-refractivity contribution in [3.8, 4) is 5.75 Å². The van der Waals surface area contributed by atoms with Crippen molar-refractivity contribution in [2.45, 2.75) is 12.5 Å².